The van der Waals surface area contributed by atoms with Gasteiger partial charge in [0.1, 0.15) is 6.04 Å². The molecule has 1 aromatic carbocycles. The lowest BCUT2D eigenvalue weighted by Gasteiger charge is -2.29. The number of nitrogens with one attached hydrogen (secondary N) is 2. The summed E-state index contributed by atoms with van der Waals surface area (Å²) in [4.78, 5) is 37.5. The van der Waals surface area contributed by atoms with Crippen LogP contribution in [-0.4, -0.2) is 41.8 Å². The minimum Gasteiger partial charge on any atom is -0.383 e. The number of nitrogens with two attached hydrogens (primary N) is 1. The minimum absolute atomic E-state index is 0.176. The van der Waals surface area contributed by atoms with Gasteiger partial charge in [0.15, 0.2) is 0 Å². The second-order valence-corrected chi connectivity index (χ2v) is 5.46. The first-order chi connectivity index (χ1) is 10.6. The average Bonchev–Trinajstić information content (AvgIpc) is 2.83. The van der Waals surface area contributed by atoms with Crippen LogP contribution in [0.4, 0.5) is 5.69 Å². The van der Waals surface area contributed by atoms with Gasteiger partial charge in [-0.2, -0.15) is 0 Å². The van der Waals surface area contributed by atoms with Gasteiger partial charge < -0.3 is 16.0 Å². The number of hydrogen-bond acceptors (Lipinski definition) is 5. The van der Waals surface area contributed by atoms with Gasteiger partial charge in [-0.1, -0.05) is 12.1 Å². The number of anilines is 1. The van der Waals surface area contributed by atoms with Gasteiger partial charge in [0, 0.05) is 31.7 Å². The third-order valence-corrected chi connectivity index (χ3v) is 4.01. The van der Waals surface area contributed by atoms with Crippen molar-refractivity contribution in [2.75, 3.05) is 18.4 Å². The summed E-state index contributed by atoms with van der Waals surface area (Å²) in [5.74, 6) is -0.853. The average molecular weight is 302 g/mol. The molecule has 0 aliphatic carbocycles. The van der Waals surface area contributed by atoms with Crippen LogP contribution in [0.3, 0.4) is 0 Å². The normalized spacial score (nSPS) is 20.9. The first kappa shape index (κ1) is 14.5. The number of piperidine rings is 1. The van der Waals surface area contributed by atoms with E-state index in [1.807, 2.05) is 18.2 Å². The van der Waals surface area contributed by atoms with Crippen molar-refractivity contribution < 1.29 is 14.4 Å². The van der Waals surface area contributed by atoms with E-state index in [0.29, 0.717) is 31.6 Å². The maximum atomic E-state index is 12.7. The summed E-state index contributed by atoms with van der Waals surface area (Å²) < 4.78 is 0. The van der Waals surface area contributed by atoms with Crippen LogP contribution in [0, 0.1) is 0 Å². The lowest BCUT2D eigenvalue weighted by atomic mass is 10.0. The van der Waals surface area contributed by atoms with E-state index in [0.717, 1.165) is 11.3 Å². The van der Waals surface area contributed by atoms with Crippen LogP contribution in [0.2, 0.25) is 0 Å². The van der Waals surface area contributed by atoms with Crippen molar-refractivity contribution in [3.8, 4) is 0 Å². The fourth-order valence-electron chi connectivity index (χ4n) is 2.97. The van der Waals surface area contributed by atoms with E-state index in [-0.39, 0.29) is 18.2 Å². The van der Waals surface area contributed by atoms with Crippen molar-refractivity contribution in [2.45, 2.75) is 25.4 Å². The number of hydrogen-bond donors (Lipinski definition) is 3. The molecule has 22 heavy (non-hydrogen) atoms. The Kier molecular flexibility index (Phi) is 3.81. The fourth-order valence-corrected chi connectivity index (χ4v) is 2.97. The Morgan fingerprint density at radius 1 is 1.32 bits per heavy atom. The van der Waals surface area contributed by atoms with Crippen LogP contribution in [0.15, 0.2) is 18.2 Å². The highest BCUT2D eigenvalue weighted by Gasteiger charge is 2.39. The van der Waals surface area contributed by atoms with Crippen LogP contribution in [-0.2, 0) is 16.1 Å². The third-order valence-electron chi connectivity index (χ3n) is 4.01. The Morgan fingerprint density at radius 3 is 2.86 bits per heavy atom. The van der Waals surface area contributed by atoms with Crippen molar-refractivity contribution in [2.24, 2.45) is 5.73 Å². The first-order valence-corrected chi connectivity index (χ1v) is 7.32. The summed E-state index contributed by atoms with van der Waals surface area (Å²) in [6.45, 7) is 1.43. The lowest BCUT2D eigenvalue weighted by molar-refractivity contribution is -0.136. The van der Waals surface area contributed by atoms with Crippen LogP contribution in [0.1, 0.15) is 28.8 Å². The number of carbonyl (C=O) groups is 3. The SMILES string of the molecule is NCCNc1cccc2c1C(=O)N(C1CCC(=O)NC1=O)C2. The Balaban J connectivity index is 1.85. The van der Waals surface area contributed by atoms with Gasteiger partial charge in [0.05, 0.1) is 5.56 Å². The van der Waals surface area contributed by atoms with Gasteiger partial charge in [0.2, 0.25) is 11.8 Å². The lowest BCUT2D eigenvalue weighted by Crippen LogP contribution is -2.52. The van der Waals surface area contributed by atoms with Gasteiger partial charge in [-0.25, -0.2) is 0 Å². The molecule has 1 unspecified atom stereocenters. The quantitative estimate of drug-likeness (QED) is 0.669. The molecule has 3 amide bonds. The van der Waals surface area contributed by atoms with Crippen molar-refractivity contribution in [1.29, 1.82) is 0 Å². The molecule has 0 spiro atoms. The van der Waals surface area contributed by atoms with Gasteiger partial charge in [-0.15, -0.1) is 0 Å². The topological polar surface area (TPSA) is 105 Å². The molecule has 4 N–H and O–H groups in total. The largest absolute Gasteiger partial charge is 0.383 e. The zero-order chi connectivity index (χ0) is 15.7. The smallest absolute Gasteiger partial charge is 0.257 e. The van der Waals surface area contributed by atoms with Crippen molar-refractivity contribution in [3.63, 3.8) is 0 Å². The summed E-state index contributed by atoms with van der Waals surface area (Å²) in [6.07, 6.45) is 0.630. The molecular weight excluding hydrogens is 284 g/mol. The standard InChI is InChI=1S/C15H18N4O3/c16-6-7-17-10-3-1-2-9-8-19(15(22)13(9)10)11-4-5-12(20)18-14(11)21/h1-3,11,17H,4-8,16H2,(H,18,20,21). The minimum atomic E-state index is -0.583. The van der Waals surface area contributed by atoms with Crippen LogP contribution in [0.5, 0.6) is 0 Å². The molecule has 2 heterocycles. The molecule has 1 atom stereocenters. The number of imide groups is 1. The predicted octanol–water partition coefficient (Wildman–Crippen LogP) is -0.182. The number of fused-ring (bicyclic) bond motifs is 1. The predicted molar refractivity (Wildman–Crippen MR) is 80.0 cm³/mol. The highest BCUT2D eigenvalue weighted by Crippen LogP contribution is 2.32. The number of amides is 3. The maximum Gasteiger partial charge on any atom is 0.257 e. The van der Waals surface area contributed by atoms with Crippen molar-refractivity contribution in [1.82, 2.24) is 10.2 Å². The summed E-state index contributed by atoms with van der Waals surface area (Å²) in [7, 11) is 0. The molecule has 7 nitrogen and oxygen atoms in total. The molecule has 2 aliphatic heterocycles. The highest BCUT2D eigenvalue weighted by molar-refractivity contribution is 6.07. The fraction of sp³-hybridized carbons (Fsp3) is 0.400. The molecule has 1 aromatic rings. The number of benzene rings is 1. The van der Waals surface area contributed by atoms with Crippen molar-refractivity contribution >= 4 is 23.4 Å². The second-order valence-electron chi connectivity index (χ2n) is 5.46. The second kappa shape index (κ2) is 5.76. The van der Waals surface area contributed by atoms with E-state index in [9.17, 15) is 14.4 Å². The molecule has 7 heteroatoms. The van der Waals surface area contributed by atoms with Gasteiger partial charge in [-0.3, -0.25) is 19.7 Å². The summed E-state index contributed by atoms with van der Waals surface area (Å²) in [5, 5.41) is 5.44. The third kappa shape index (κ3) is 2.43. The number of rotatable bonds is 4. The first-order valence-electron chi connectivity index (χ1n) is 7.32. The van der Waals surface area contributed by atoms with Gasteiger partial charge in [0.25, 0.3) is 5.91 Å². The molecule has 0 aromatic heterocycles. The molecule has 2 aliphatic rings. The Hall–Kier alpha value is -2.41. The van der Waals surface area contributed by atoms with Gasteiger partial charge in [-0.05, 0) is 18.1 Å². The Labute approximate surface area is 127 Å². The van der Waals surface area contributed by atoms with E-state index in [4.69, 9.17) is 5.73 Å². The number of nitrogens with zero attached hydrogens (tertiary/aromatic N) is 1. The van der Waals surface area contributed by atoms with E-state index in [2.05, 4.69) is 10.6 Å². The van der Waals surface area contributed by atoms with Crippen LogP contribution < -0.4 is 16.4 Å². The van der Waals surface area contributed by atoms with E-state index in [1.54, 1.807) is 4.90 Å². The van der Waals surface area contributed by atoms with Crippen molar-refractivity contribution in [3.05, 3.63) is 29.3 Å². The van der Waals surface area contributed by atoms with E-state index < -0.39 is 11.9 Å². The molecule has 0 bridgehead atoms. The summed E-state index contributed by atoms with van der Waals surface area (Å²) >= 11 is 0. The Morgan fingerprint density at radius 2 is 2.14 bits per heavy atom. The zero-order valence-corrected chi connectivity index (χ0v) is 12.1. The van der Waals surface area contributed by atoms with E-state index >= 15 is 0 Å². The molecular formula is C15H18N4O3. The maximum absolute atomic E-state index is 12.7. The molecule has 3 rings (SSSR count). The molecule has 0 saturated carbocycles. The monoisotopic (exact) mass is 302 g/mol. The molecule has 1 fully saturated rings. The highest BCUT2D eigenvalue weighted by atomic mass is 16.2. The van der Waals surface area contributed by atoms with Crippen LogP contribution >= 0.6 is 0 Å². The van der Waals surface area contributed by atoms with Crippen LogP contribution in [0.25, 0.3) is 0 Å². The summed E-state index contributed by atoms with van der Waals surface area (Å²) in [6, 6.07) is 5.01. The van der Waals surface area contributed by atoms with E-state index in [1.165, 1.54) is 0 Å². The Bertz CT molecular complexity index is 644. The van der Waals surface area contributed by atoms with Gasteiger partial charge >= 0.3 is 0 Å². The molecule has 116 valence electrons. The number of carbonyl (C=O) groups excluding carboxylic acids is 3. The summed E-state index contributed by atoms with van der Waals surface area (Å²) in [5.41, 5.74) is 7.71. The molecule has 1 saturated heterocycles. The zero-order valence-electron chi connectivity index (χ0n) is 12.1. The molecule has 0 radical (unpaired) electrons.